The first-order valence-corrected chi connectivity index (χ1v) is 7.03. The van der Waals surface area contributed by atoms with E-state index >= 15 is 0 Å². The predicted octanol–water partition coefficient (Wildman–Crippen LogP) is 2.30. The van der Waals surface area contributed by atoms with E-state index in [1.54, 1.807) is 0 Å². The third-order valence-corrected chi connectivity index (χ3v) is 2.89. The molecule has 0 aliphatic carbocycles. The SMILES string of the molecule is CCCCOCCNCCCn1nc(C)cc1C. The van der Waals surface area contributed by atoms with Crippen LogP contribution < -0.4 is 5.32 Å². The average Bonchev–Trinajstić information content (AvgIpc) is 2.66. The van der Waals surface area contributed by atoms with Crippen molar-refractivity contribution >= 4 is 0 Å². The highest BCUT2D eigenvalue weighted by Gasteiger charge is 1.99. The molecule has 0 radical (unpaired) electrons. The fraction of sp³-hybridized carbons (Fsp3) is 0.786. The van der Waals surface area contributed by atoms with Crippen molar-refractivity contribution in [1.82, 2.24) is 15.1 Å². The second-order valence-electron chi connectivity index (χ2n) is 4.72. The lowest BCUT2D eigenvalue weighted by molar-refractivity contribution is 0.133. The number of hydrogen-bond donors (Lipinski definition) is 1. The summed E-state index contributed by atoms with van der Waals surface area (Å²) in [5, 5.41) is 7.83. The Morgan fingerprint density at radius 2 is 2.06 bits per heavy atom. The van der Waals surface area contributed by atoms with Gasteiger partial charge in [-0.2, -0.15) is 5.10 Å². The van der Waals surface area contributed by atoms with Crippen LogP contribution in [0.4, 0.5) is 0 Å². The van der Waals surface area contributed by atoms with Gasteiger partial charge >= 0.3 is 0 Å². The molecule has 0 amide bonds. The van der Waals surface area contributed by atoms with Crippen LogP contribution in [0.15, 0.2) is 6.07 Å². The molecule has 0 aliphatic rings. The predicted molar refractivity (Wildman–Crippen MR) is 74.9 cm³/mol. The van der Waals surface area contributed by atoms with Crippen molar-refractivity contribution in [3.8, 4) is 0 Å². The molecule has 0 saturated heterocycles. The summed E-state index contributed by atoms with van der Waals surface area (Å²) in [4.78, 5) is 0. The van der Waals surface area contributed by atoms with E-state index in [1.165, 1.54) is 12.1 Å². The zero-order chi connectivity index (χ0) is 13.2. The summed E-state index contributed by atoms with van der Waals surface area (Å²) in [6, 6.07) is 2.12. The van der Waals surface area contributed by atoms with Gasteiger partial charge in [-0.25, -0.2) is 0 Å². The number of nitrogens with zero attached hydrogens (tertiary/aromatic N) is 2. The molecule has 18 heavy (non-hydrogen) atoms. The standard InChI is InChI=1S/C14H27N3O/c1-4-5-10-18-11-8-15-7-6-9-17-14(3)12-13(2)16-17/h12,15H,4-11H2,1-3H3. The van der Waals surface area contributed by atoms with Gasteiger partial charge in [-0.3, -0.25) is 4.68 Å². The lowest BCUT2D eigenvalue weighted by Gasteiger charge is -2.07. The Bertz CT molecular complexity index is 323. The smallest absolute Gasteiger partial charge is 0.0596 e. The molecular formula is C14H27N3O. The molecule has 1 aromatic heterocycles. The van der Waals surface area contributed by atoms with Crippen molar-refractivity contribution in [1.29, 1.82) is 0 Å². The number of unbranched alkanes of at least 4 members (excludes halogenated alkanes) is 1. The summed E-state index contributed by atoms with van der Waals surface area (Å²) < 4.78 is 7.56. The van der Waals surface area contributed by atoms with Crippen LogP contribution in [0.2, 0.25) is 0 Å². The Labute approximate surface area is 111 Å². The van der Waals surface area contributed by atoms with E-state index in [0.29, 0.717) is 0 Å². The first-order chi connectivity index (χ1) is 8.74. The van der Waals surface area contributed by atoms with Gasteiger partial charge in [0, 0.05) is 25.4 Å². The minimum atomic E-state index is 0.819. The molecule has 1 aromatic rings. The van der Waals surface area contributed by atoms with E-state index in [-0.39, 0.29) is 0 Å². The third kappa shape index (κ3) is 6.17. The van der Waals surface area contributed by atoms with Gasteiger partial charge < -0.3 is 10.1 Å². The largest absolute Gasteiger partial charge is 0.380 e. The maximum atomic E-state index is 5.48. The van der Waals surface area contributed by atoms with Crippen LogP contribution >= 0.6 is 0 Å². The van der Waals surface area contributed by atoms with Crippen molar-refractivity contribution in [3.63, 3.8) is 0 Å². The number of aromatic nitrogens is 2. The number of hydrogen-bond acceptors (Lipinski definition) is 3. The zero-order valence-electron chi connectivity index (χ0n) is 12.0. The quantitative estimate of drug-likeness (QED) is 0.650. The van der Waals surface area contributed by atoms with E-state index in [2.05, 4.69) is 35.0 Å². The molecule has 1 heterocycles. The summed E-state index contributed by atoms with van der Waals surface area (Å²) in [6.45, 7) is 11.0. The Morgan fingerprint density at radius 3 is 2.72 bits per heavy atom. The number of nitrogens with one attached hydrogen (secondary N) is 1. The number of aryl methyl sites for hydroxylation is 3. The van der Waals surface area contributed by atoms with Crippen molar-refractivity contribution in [2.75, 3.05) is 26.3 Å². The van der Waals surface area contributed by atoms with Crippen LogP contribution in [0.1, 0.15) is 37.6 Å². The Balaban J connectivity index is 1.94. The van der Waals surface area contributed by atoms with E-state index in [4.69, 9.17) is 4.74 Å². The second-order valence-corrected chi connectivity index (χ2v) is 4.72. The fourth-order valence-corrected chi connectivity index (χ4v) is 1.87. The van der Waals surface area contributed by atoms with Gasteiger partial charge in [0.15, 0.2) is 0 Å². The fourth-order valence-electron chi connectivity index (χ4n) is 1.87. The van der Waals surface area contributed by atoms with Gasteiger partial charge in [0.2, 0.25) is 0 Å². The molecular weight excluding hydrogens is 226 g/mol. The molecule has 104 valence electrons. The molecule has 0 saturated carbocycles. The Morgan fingerprint density at radius 1 is 1.22 bits per heavy atom. The molecule has 0 bridgehead atoms. The van der Waals surface area contributed by atoms with Crippen LogP contribution in [0.3, 0.4) is 0 Å². The van der Waals surface area contributed by atoms with Crippen LogP contribution in [-0.2, 0) is 11.3 Å². The van der Waals surface area contributed by atoms with Crippen LogP contribution in [-0.4, -0.2) is 36.1 Å². The third-order valence-electron chi connectivity index (χ3n) is 2.89. The van der Waals surface area contributed by atoms with Gasteiger partial charge in [-0.05, 0) is 39.3 Å². The van der Waals surface area contributed by atoms with Gasteiger partial charge in [0.25, 0.3) is 0 Å². The summed E-state index contributed by atoms with van der Waals surface area (Å²) >= 11 is 0. The molecule has 0 unspecified atom stereocenters. The maximum Gasteiger partial charge on any atom is 0.0596 e. The van der Waals surface area contributed by atoms with Crippen molar-refractivity contribution in [2.24, 2.45) is 0 Å². The van der Waals surface area contributed by atoms with E-state index < -0.39 is 0 Å². The lowest BCUT2D eigenvalue weighted by atomic mass is 10.4. The average molecular weight is 253 g/mol. The van der Waals surface area contributed by atoms with Crippen LogP contribution in [0, 0.1) is 13.8 Å². The molecule has 0 spiro atoms. The minimum absolute atomic E-state index is 0.819. The number of rotatable bonds is 10. The zero-order valence-corrected chi connectivity index (χ0v) is 12.0. The van der Waals surface area contributed by atoms with E-state index in [0.717, 1.165) is 51.4 Å². The molecule has 0 aliphatic heterocycles. The number of ether oxygens (including phenoxy) is 1. The highest BCUT2D eigenvalue weighted by Crippen LogP contribution is 2.02. The molecule has 4 nitrogen and oxygen atoms in total. The molecule has 4 heteroatoms. The van der Waals surface area contributed by atoms with Gasteiger partial charge in [0.1, 0.15) is 0 Å². The maximum absolute atomic E-state index is 5.48. The highest BCUT2D eigenvalue weighted by atomic mass is 16.5. The summed E-state index contributed by atoms with van der Waals surface area (Å²) in [5.41, 5.74) is 2.35. The minimum Gasteiger partial charge on any atom is -0.380 e. The lowest BCUT2D eigenvalue weighted by Crippen LogP contribution is -2.22. The highest BCUT2D eigenvalue weighted by molar-refractivity contribution is 5.06. The van der Waals surface area contributed by atoms with Crippen molar-refractivity contribution in [3.05, 3.63) is 17.5 Å². The summed E-state index contributed by atoms with van der Waals surface area (Å²) in [5.74, 6) is 0. The topological polar surface area (TPSA) is 39.1 Å². The molecule has 1 N–H and O–H groups in total. The molecule has 0 atom stereocenters. The van der Waals surface area contributed by atoms with Crippen molar-refractivity contribution in [2.45, 2.75) is 46.6 Å². The van der Waals surface area contributed by atoms with Crippen LogP contribution in [0.25, 0.3) is 0 Å². The first kappa shape index (κ1) is 15.2. The first-order valence-electron chi connectivity index (χ1n) is 7.03. The molecule has 0 fully saturated rings. The Hall–Kier alpha value is -0.870. The van der Waals surface area contributed by atoms with Gasteiger partial charge in [0.05, 0.1) is 12.3 Å². The van der Waals surface area contributed by atoms with E-state index in [9.17, 15) is 0 Å². The van der Waals surface area contributed by atoms with Gasteiger partial charge in [-0.15, -0.1) is 0 Å². The monoisotopic (exact) mass is 253 g/mol. The van der Waals surface area contributed by atoms with Crippen molar-refractivity contribution < 1.29 is 4.74 Å². The van der Waals surface area contributed by atoms with Crippen LogP contribution in [0.5, 0.6) is 0 Å². The van der Waals surface area contributed by atoms with E-state index in [1.807, 2.05) is 6.92 Å². The Kier molecular flexibility index (Phi) is 7.69. The van der Waals surface area contributed by atoms with Gasteiger partial charge in [-0.1, -0.05) is 13.3 Å². The molecule has 0 aromatic carbocycles. The second kappa shape index (κ2) is 9.11. The normalized spacial score (nSPS) is 11.1. The molecule has 1 rings (SSSR count). The summed E-state index contributed by atoms with van der Waals surface area (Å²) in [7, 11) is 0. The summed E-state index contributed by atoms with van der Waals surface area (Å²) in [6.07, 6.45) is 3.48.